The van der Waals surface area contributed by atoms with Crippen LogP contribution in [0.2, 0.25) is 0 Å². The first-order valence-corrected chi connectivity index (χ1v) is 6.54. The molecule has 1 amide bonds. The van der Waals surface area contributed by atoms with Gasteiger partial charge in [-0.2, -0.15) is 5.10 Å². The molecule has 2 aromatic rings. The Balaban J connectivity index is 1.68. The molecule has 20 heavy (non-hydrogen) atoms. The molecular formula is C13H16N4O3. The number of β-amino-alcohol motifs (C(OH)–C–C–N with tert-alkyl or cyclic N) is 1. The van der Waals surface area contributed by atoms with Gasteiger partial charge in [-0.1, -0.05) is 5.16 Å². The average Bonchev–Trinajstić information content (AvgIpc) is 3.11. The summed E-state index contributed by atoms with van der Waals surface area (Å²) in [5.41, 5.74) is 1.34. The number of nitrogens with zero attached hydrogens (tertiary/aromatic N) is 4. The van der Waals surface area contributed by atoms with Crippen LogP contribution < -0.4 is 0 Å². The molecule has 0 aromatic carbocycles. The highest BCUT2D eigenvalue weighted by Gasteiger charge is 2.27. The van der Waals surface area contributed by atoms with Crippen LogP contribution in [0.4, 0.5) is 0 Å². The maximum absolute atomic E-state index is 12.1. The third-order valence-electron chi connectivity index (χ3n) is 3.31. The van der Waals surface area contributed by atoms with E-state index < -0.39 is 6.10 Å². The molecule has 2 aromatic heterocycles. The summed E-state index contributed by atoms with van der Waals surface area (Å²) in [6.45, 7) is 3.31. The van der Waals surface area contributed by atoms with Gasteiger partial charge in [0.25, 0.3) is 5.91 Å². The van der Waals surface area contributed by atoms with E-state index in [4.69, 9.17) is 4.52 Å². The van der Waals surface area contributed by atoms with Gasteiger partial charge in [-0.05, 0) is 18.9 Å². The predicted molar refractivity (Wildman–Crippen MR) is 69.1 cm³/mol. The number of hydrogen-bond donors (Lipinski definition) is 1. The van der Waals surface area contributed by atoms with Crippen molar-refractivity contribution in [2.24, 2.45) is 0 Å². The Morgan fingerprint density at radius 1 is 1.60 bits per heavy atom. The van der Waals surface area contributed by atoms with Gasteiger partial charge in [0.1, 0.15) is 6.54 Å². The van der Waals surface area contributed by atoms with E-state index in [-0.39, 0.29) is 11.6 Å². The van der Waals surface area contributed by atoms with Gasteiger partial charge in [-0.15, -0.1) is 0 Å². The zero-order chi connectivity index (χ0) is 14.1. The molecule has 1 saturated heterocycles. The molecule has 0 unspecified atom stereocenters. The molecule has 0 spiro atoms. The van der Waals surface area contributed by atoms with Crippen LogP contribution in [0.5, 0.6) is 0 Å². The maximum atomic E-state index is 12.1. The number of aliphatic hydroxyl groups is 1. The molecule has 1 N–H and O–H groups in total. The van der Waals surface area contributed by atoms with Crippen molar-refractivity contribution in [1.82, 2.24) is 19.8 Å². The fourth-order valence-corrected chi connectivity index (χ4v) is 2.29. The Morgan fingerprint density at radius 3 is 3.10 bits per heavy atom. The second-order valence-corrected chi connectivity index (χ2v) is 5.09. The summed E-state index contributed by atoms with van der Waals surface area (Å²) in [6, 6.07) is 1.63. The van der Waals surface area contributed by atoms with Crippen LogP contribution in [-0.2, 0) is 6.54 Å². The molecule has 0 radical (unpaired) electrons. The highest BCUT2D eigenvalue weighted by molar-refractivity contribution is 5.92. The fourth-order valence-electron chi connectivity index (χ4n) is 2.29. The standard InChI is InChI=1S/C13H16N4O3/c1-9-5-14-17(6-9)8-11-4-12(15-20-11)13(19)16-3-2-10(18)7-16/h4-6,10,18H,2-3,7-8H2,1H3/t10-/m1/s1. The van der Waals surface area contributed by atoms with E-state index in [1.54, 1.807) is 21.8 Å². The molecule has 1 aliphatic rings. The van der Waals surface area contributed by atoms with Gasteiger partial charge in [-0.3, -0.25) is 9.48 Å². The Morgan fingerprint density at radius 2 is 2.45 bits per heavy atom. The van der Waals surface area contributed by atoms with Crippen LogP contribution in [0, 0.1) is 6.92 Å². The third kappa shape index (κ3) is 2.57. The van der Waals surface area contributed by atoms with Gasteiger partial charge in [0, 0.05) is 25.4 Å². The Hall–Kier alpha value is -2.15. The molecule has 3 rings (SSSR count). The van der Waals surface area contributed by atoms with Gasteiger partial charge in [0.2, 0.25) is 0 Å². The summed E-state index contributed by atoms with van der Waals surface area (Å²) in [7, 11) is 0. The fraction of sp³-hybridized carbons (Fsp3) is 0.462. The number of aryl methyl sites for hydroxylation is 1. The monoisotopic (exact) mass is 276 g/mol. The van der Waals surface area contributed by atoms with Crippen molar-refractivity contribution in [3.63, 3.8) is 0 Å². The smallest absolute Gasteiger partial charge is 0.276 e. The van der Waals surface area contributed by atoms with E-state index >= 15 is 0 Å². The van der Waals surface area contributed by atoms with E-state index in [2.05, 4.69) is 10.3 Å². The van der Waals surface area contributed by atoms with Gasteiger partial charge < -0.3 is 14.5 Å². The number of rotatable bonds is 3. The highest BCUT2D eigenvalue weighted by atomic mass is 16.5. The third-order valence-corrected chi connectivity index (χ3v) is 3.31. The molecule has 7 nitrogen and oxygen atoms in total. The van der Waals surface area contributed by atoms with Crippen LogP contribution in [-0.4, -0.2) is 50.0 Å². The number of carbonyl (C=O) groups excluding carboxylic acids is 1. The molecule has 1 atom stereocenters. The topological polar surface area (TPSA) is 84.4 Å². The van der Waals surface area contributed by atoms with Crippen LogP contribution in [0.15, 0.2) is 23.0 Å². The maximum Gasteiger partial charge on any atom is 0.276 e. The van der Waals surface area contributed by atoms with Gasteiger partial charge in [0.15, 0.2) is 11.5 Å². The van der Waals surface area contributed by atoms with Crippen molar-refractivity contribution in [3.05, 3.63) is 35.5 Å². The number of aliphatic hydroxyl groups excluding tert-OH is 1. The summed E-state index contributed by atoms with van der Waals surface area (Å²) >= 11 is 0. The lowest BCUT2D eigenvalue weighted by Crippen LogP contribution is -2.29. The van der Waals surface area contributed by atoms with E-state index in [9.17, 15) is 9.90 Å². The quantitative estimate of drug-likeness (QED) is 0.879. The highest BCUT2D eigenvalue weighted by Crippen LogP contribution is 2.14. The first-order valence-electron chi connectivity index (χ1n) is 6.54. The minimum atomic E-state index is -0.433. The summed E-state index contributed by atoms with van der Waals surface area (Å²) in [4.78, 5) is 13.7. The number of carbonyl (C=O) groups is 1. The predicted octanol–water partition coefficient (Wildman–Crippen LogP) is 0.435. The normalized spacial score (nSPS) is 18.7. The van der Waals surface area contributed by atoms with E-state index in [0.717, 1.165) is 5.56 Å². The van der Waals surface area contributed by atoms with Crippen LogP contribution in [0.25, 0.3) is 0 Å². The number of aromatic nitrogens is 3. The van der Waals surface area contributed by atoms with Crippen molar-refractivity contribution in [1.29, 1.82) is 0 Å². The van der Waals surface area contributed by atoms with Crippen molar-refractivity contribution < 1.29 is 14.4 Å². The van der Waals surface area contributed by atoms with Crippen molar-refractivity contribution in [2.45, 2.75) is 26.0 Å². The molecular weight excluding hydrogens is 260 g/mol. The summed E-state index contributed by atoms with van der Waals surface area (Å²) in [5.74, 6) is 0.379. The molecule has 0 saturated carbocycles. The van der Waals surface area contributed by atoms with Crippen LogP contribution >= 0.6 is 0 Å². The zero-order valence-corrected chi connectivity index (χ0v) is 11.2. The first-order chi connectivity index (χ1) is 9.61. The second kappa shape index (κ2) is 5.09. The van der Waals surface area contributed by atoms with Crippen LogP contribution in [0.3, 0.4) is 0 Å². The molecule has 0 aliphatic carbocycles. The largest absolute Gasteiger partial charge is 0.391 e. The average molecular weight is 276 g/mol. The summed E-state index contributed by atoms with van der Waals surface area (Å²) < 4.78 is 6.89. The zero-order valence-electron chi connectivity index (χ0n) is 11.2. The Labute approximate surface area is 115 Å². The minimum Gasteiger partial charge on any atom is -0.391 e. The van der Waals surface area contributed by atoms with Crippen molar-refractivity contribution in [2.75, 3.05) is 13.1 Å². The molecule has 106 valence electrons. The lowest BCUT2D eigenvalue weighted by atomic mass is 10.3. The number of hydrogen-bond acceptors (Lipinski definition) is 5. The molecule has 1 fully saturated rings. The van der Waals surface area contributed by atoms with E-state index in [1.165, 1.54) is 0 Å². The lowest BCUT2D eigenvalue weighted by Gasteiger charge is -2.12. The first kappa shape index (κ1) is 12.9. The van der Waals surface area contributed by atoms with E-state index in [0.29, 0.717) is 31.8 Å². The summed E-state index contributed by atoms with van der Waals surface area (Å²) in [5, 5.41) is 17.4. The lowest BCUT2D eigenvalue weighted by molar-refractivity contribution is 0.0754. The molecule has 7 heteroatoms. The van der Waals surface area contributed by atoms with E-state index in [1.807, 2.05) is 13.1 Å². The number of likely N-dealkylation sites (tertiary alicyclic amines) is 1. The van der Waals surface area contributed by atoms with Gasteiger partial charge in [-0.25, -0.2) is 0 Å². The molecule has 1 aliphatic heterocycles. The second-order valence-electron chi connectivity index (χ2n) is 5.09. The van der Waals surface area contributed by atoms with Gasteiger partial charge >= 0.3 is 0 Å². The van der Waals surface area contributed by atoms with Gasteiger partial charge in [0.05, 0.1) is 12.3 Å². The van der Waals surface area contributed by atoms with Crippen LogP contribution in [0.1, 0.15) is 28.2 Å². The molecule has 3 heterocycles. The van der Waals surface area contributed by atoms with Crippen molar-refractivity contribution in [3.8, 4) is 0 Å². The Bertz CT molecular complexity index is 619. The SMILES string of the molecule is Cc1cnn(Cc2cc(C(=O)N3CC[C@@H](O)C3)no2)c1. The van der Waals surface area contributed by atoms with Crippen molar-refractivity contribution >= 4 is 5.91 Å². The Kier molecular flexibility index (Phi) is 3.27. The molecule has 0 bridgehead atoms. The number of amides is 1. The minimum absolute atomic E-state index is 0.201. The summed E-state index contributed by atoms with van der Waals surface area (Å²) in [6.07, 6.45) is 3.83.